The fourth-order valence-electron chi connectivity index (χ4n) is 5.44. The summed E-state index contributed by atoms with van der Waals surface area (Å²) in [6.07, 6.45) is -30.4. The summed E-state index contributed by atoms with van der Waals surface area (Å²) >= 11 is 0. The third-order valence-corrected chi connectivity index (χ3v) is 6.86. The minimum Gasteiger partial charge on any atom is -0.374 e. The molecule has 0 radical (unpaired) electrons. The Morgan fingerprint density at radius 2 is 1.16 bits per heavy atom. The van der Waals surface area contributed by atoms with Crippen LogP contribution in [0, 0.1) is 29.6 Å². The maximum absolute atomic E-state index is 13.7. The highest BCUT2D eigenvalue weighted by molar-refractivity contribution is 5.18. The van der Waals surface area contributed by atoms with E-state index in [2.05, 4.69) is 4.74 Å². The Hall–Kier alpha value is -0.920. The fraction of sp³-hybridized carbons (Fsp3) is 1.00. The summed E-state index contributed by atoms with van der Waals surface area (Å²) in [5.41, 5.74) is -10.4. The maximum atomic E-state index is 13.7. The van der Waals surface area contributed by atoms with Crippen LogP contribution < -0.4 is 0 Å². The van der Waals surface area contributed by atoms with Crippen LogP contribution in [-0.4, -0.2) is 47.1 Å². The lowest BCUT2D eigenvalue weighted by Gasteiger charge is -2.42. The first-order valence-corrected chi connectivity index (χ1v) is 9.33. The van der Waals surface area contributed by atoms with Gasteiger partial charge in [0.15, 0.2) is 0 Å². The predicted octanol–water partition coefficient (Wildman–Crippen LogP) is 5.79. The number of halogens is 12. The van der Waals surface area contributed by atoms with Crippen LogP contribution >= 0.6 is 0 Å². The summed E-state index contributed by atoms with van der Waals surface area (Å²) in [5, 5.41) is 9.19. The molecule has 4 fully saturated rings. The van der Waals surface area contributed by atoms with Gasteiger partial charge >= 0.3 is 24.7 Å². The number of aliphatic hydroxyl groups is 1. The summed E-state index contributed by atoms with van der Waals surface area (Å²) in [6, 6.07) is 0. The first kappa shape index (κ1) is 24.7. The van der Waals surface area contributed by atoms with Crippen molar-refractivity contribution < 1.29 is 62.5 Å². The molecule has 4 rings (SSSR count). The summed E-state index contributed by atoms with van der Waals surface area (Å²) in [5.74, 6) is -3.73. The van der Waals surface area contributed by atoms with Crippen molar-refractivity contribution >= 4 is 0 Å². The number of hydrogen-bond donors (Lipinski definition) is 1. The fourth-order valence-corrected chi connectivity index (χ4v) is 5.44. The van der Waals surface area contributed by atoms with Gasteiger partial charge in [0.1, 0.15) is 0 Å². The summed E-state index contributed by atoms with van der Waals surface area (Å²) in [4.78, 5) is 0. The second-order valence-electron chi connectivity index (χ2n) is 8.91. The zero-order valence-electron chi connectivity index (χ0n) is 15.7. The Labute approximate surface area is 167 Å². The first-order chi connectivity index (χ1) is 13.7. The molecule has 31 heavy (non-hydrogen) atoms. The molecule has 4 bridgehead atoms. The van der Waals surface area contributed by atoms with Crippen molar-refractivity contribution in [1.29, 1.82) is 0 Å². The van der Waals surface area contributed by atoms with Crippen LogP contribution in [0.3, 0.4) is 0 Å². The molecule has 182 valence electrons. The highest BCUT2D eigenvalue weighted by Gasteiger charge is 2.78. The van der Waals surface area contributed by atoms with Crippen molar-refractivity contribution in [2.75, 3.05) is 0 Å². The van der Waals surface area contributed by atoms with Crippen molar-refractivity contribution in [2.24, 2.45) is 29.6 Å². The SMILES string of the molecule is CC(CC(O)(C(F)(F)F)C(F)(F)F)CC(OC1C2CC3C(C2)C31)(C(F)(F)F)C(F)(F)F. The van der Waals surface area contributed by atoms with Crippen molar-refractivity contribution in [1.82, 2.24) is 0 Å². The van der Waals surface area contributed by atoms with Gasteiger partial charge in [-0.3, -0.25) is 0 Å². The molecule has 0 saturated heterocycles. The van der Waals surface area contributed by atoms with E-state index in [-0.39, 0.29) is 11.8 Å². The summed E-state index contributed by atoms with van der Waals surface area (Å²) < 4.78 is 164. The van der Waals surface area contributed by atoms with Gasteiger partial charge in [0.05, 0.1) is 6.10 Å². The molecule has 0 spiro atoms. The van der Waals surface area contributed by atoms with E-state index in [1.54, 1.807) is 0 Å². The zero-order chi connectivity index (χ0) is 24.0. The maximum Gasteiger partial charge on any atom is 0.426 e. The molecule has 4 aliphatic carbocycles. The molecule has 0 aromatic carbocycles. The smallest absolute Gasteiger partial charge is 0.374 e. The van der Waals surface area contributed by atoms with E-state index in [0.717, 1.165) is 0 Å². The molecule has 4 aliphatic rings. The van der Waals surface area contributed by atoms with Gasteiger partial charge in [0.2, 0.25) is 0 Å². The molecule has 4 atom stereocenters. The second-order valence-corrected chi connectivity index (χ2v) is 8.91. The van der Waals surface area contributed by atoms with E-state index in [4.69, 9.17) is 0 Å². The normalized spacial score (nSPS) is 32.5. The van der Waals surface area contributed by atoms with E-state index < -0.39 is 72.6 Å². The topological polar surface area (TPSA) is 29.5 Å². The Morgan fingerprint density at radius 3 is 1.45 bits per heavy atom. The van der Waals surface area contributed by atoms with Crippen LogP contribution in [0.15, 0.2) is 0 Å². The van der Waals surface area contributed by atoms with Crippen LogP contribution in [-0.2, 0) is 4.74 Å². The Kier molecular flexibility index (Phi) is 5.42. The Bertz CT molecular complexity index is 649. The molecule has 4 unspecified atom stereocenters. The van der Waals surface area contributed by atoms with Gasteiger partial charge in [-0.1, -0.05) is 6.92 Å². The average molecular weight is 482 g/mol. The van der Waals surface area contributed by atoms with E-state index in [1.807, 2.05) is 0 Å². The Morgan fingerprint density at radius 1 is 0.742 bits per heavy atom. The van der Waals surface area contributed by atoms with Crippen molar-refractivity contribution in [2.45, 2.75) is 74.6 Å². The lowest BCUT2D eigenvalue weighted by Crippen LogP contribution is -2.62. The monoisotopic (exact) mass is 482 g/mol. The van der Waals surface area contributed by atoms with E-state index >= 15 is 0 Å². The van der Waals surface area contributed by atoms with Gasteiger partial charge < -0.3 is 9.84 Å². The van der Waals surface area contributed by atoms with Gasteiger partial charge in [0.25, 0.3) is 11.2 Å². The van der Waals surface area contributed by atoms with Gasteiger partial charge in [-0.05, 0) is 55.3 Å². The molecule has 0 aromatic rings. The number of rotatable bonds is 6. The van der Waals surface area contributed by atoms with E-state index in [0.29, 0.717) is 19.8 Å². The predicted molar refractivity (Wildman–Crippen MR) is 78.4 cm³/mol. The zero-order valence-corrected chi connectivity index (χ0v) is 15.7. The van der Waals surface area contributed by atoms with Gasteiger partial charge in [0, 0.05) is 0 Å². The lowest BCUT2D eigenvalue weighted by atomic mass is 9.81. The van der Waals surface area contributed by atoms with E-state index in [9.17, 15) is 57.8 Å². The van der Waals surface area contributed by atoms with Crippen LogP contribution in [0.5, 0.6) is 0 Å². The molecule has 14 heteroatoms. The minimum absolute atomic E-state index is 0.0628. The third kappa shape index (κ3) is 3.68. The van der Waals surface area contributed by atoms with Gasteiger partial charge in [-0.2, -0.15) is 52.7 Å². The molecule has 0 aromatic heterocycles. The van der Waals surface area contributed by atoms with E-state index in [1.165, 1.54) is 0 Å². The van der Waals surface area contributed by atoms with Crippen LogP contribution in [0.2, 0.25) is 0 Å². The van der Waals surface area contributed by atoms with Crippen LogP contribution in [0.25, 0.3) is 0 Å². The minimum atomic E-state index is -6.37. The quantitative estimate of drug-likeness (QED) is 0.486. The molecule has 0 amide bonds. The standard InChI is InChI=1S/C17H18F12O2/c1-6(4-12(30,14(18,19)20)15(21,22)23)5-13(16(24,25)26,17(27,28)29)31-11-7-2-8-9(3-7)10(8)11/h6-11,30H,2-5H2,1H3. The van der Waals surface area contributed by atoms with Crippen molar-refractivity contribution in [3.8, 4) is 0 Å². The molecular formula is C17H18F12O2. The third-order valence-electron chi connectivity index (χ3n) is 6.86. The molecular weight excluding hydrogens is 464 g/mol. The molecule has 0 heterocycles. The highest BCUT2D eigenvalue weighted by Crippen LogP contribution is 2.72. The second kappa shape index (κ2) is 6.80. The van der Waals surface area contributed by atoms with Crippen molar-refractivity contribution in [3.63, 3.8) is 0 Å². The molecule has 2 nitrogen and oxygen atoms in total. The van der Waals surface area contributed by atoms with Crippen molar-refractivity contribution in [3.05, 3.63) is 0 Å². The highest BCUT2D eigenvalue weighted by atomic mass is 19.4. The molecule has 4 saturated carbocycles. The molecule has 0 aliphatic heterocycles. The molecule has 1 N–H and O–H groups in total. The van der Waals surface area contributed by atoms with Gasteiger partial charge in [-0.15, -0.1) is 0 Å². The number of ether oxygens (including phenoxy) is 1. The average Bonchev–Trinajstić information content (AvgIpc) is 2.85. The largest absolute Gasteiger partial charge is 0.426 e. The Balaban J connectivity index is 1.91. The van der Waals surface area contributed by atoms with Gasteiger partial charge in [-0.25, -0.2) is 0 Å². The number of alkyl halides is 12. The lowest BCUT2D eigenvalue weighted by molar-refractivity contribution is -0.400. The van der Waals surface area contributed by atoms with Crippen LogP contribution in [0.4, 0.5) is 52.7 Å². The van der Waals surface area contributed by atoms with Crippen LogP contribution in [0.1, 0.15) is 32.6 Å². The number of hydrogen-bond acceptors (Lipinski definition) is 2. The first-order valence-electron chi connectivity index (χ1n) is 9.33. The summed E-state index contributed by atoms with van der Waals surface area (Å²) in [6.45, 7) is 0.354. The summed E-state index contributed by atoms with van der Waals surface area (Å²) in [7, 11) is 0.